The number of nitrogens with zero attached hydrogens (tertiary/aromatic N) is 2. The quantitative estimate of drug-likeness (QED) is 0.648. The van der Waals surface area contributed by atoms with Crippen LogP contribution in [0.5, 0.6) is 5.75 Å². The fourth-order valence-corrected chi connectivity index (χ4v) is 6.02. The minimum atomic E-state index is -3.58. The fourth-order valence-electron chi connectivity index (χ4n) is 3.60. The van der Waals surface area contributed by atoms with E-state index in [0.717, 1.165) is 15.8 Å². The van der Waals surface area contributed by atoms with Crippen molar-refractivity contribution >= 4 is 42.6 Å². The Labute approximate surface area is 179 Å². The number of fused-ring (bicyclic) bond motifs is 1. The molecule has 1 aliphatic heterocycles. The first-order valence-corrected chi connectivity index (χ1v) is 12.0. The maximum atomic E-state index is 12.9. The minimum absolute atomic E-state index is 0.104. The molecule has 1 amide bonds. The van der Waals surface area contributed by atoms with Crippen LogP contribution in [0.15, 0.2) is 47.4 Å². The molecular formula is C21H23N3O4S2. The molecule has 0 unspecified atom stereocenters. The topological polar surface area (TPSA) is 88.6 Å². The minimum Gasteiger partial charge on any atom is -0.497 e. The van der Waals surface area contributed by atoms with E-state index in [1.807, 2.05) is 25.1 Å². The number of aryl methyl sites for hydroxylation is 1. The van der Waals surface area contributed by atoms with Gasteiger partial charge in [0.25, 0.3) is 0 Å². The van der Waals surface area contributed by atoms with Gasteiger partial charge in [-0.25, -0.2) is 13.4 Å². The number of piperidine rings is 1. The number of para-hydroxylation sites is 1. The number of sulfonamides is 1. The van der Waals surface area contributed by atoms with Gasteiger partial charge in [-0.2, -0.15) is 4.31 Å². The lowest BCUT2D eigenvalue weighted by atomic mass is 9.97. The highest BCUT2D eigenvalue weighted by Gasteiger charge is 2.32. The first-order valence-electron chi connectivity index (χ1n) is 9.70. The maximum absolute atomic E-state index is 12.9. The van der Waals surface area contributed by atoms with Gasteiger partial charge in [-0.15, -0.1) is 0 Å². The number of benzene rings is 2. The number of hydrogen-bond acceptors (Lipinski definition) is 6. The SMILES string of the molecule is COc1ccc(S(=O)(=O)N2CCC(C(=O)Nc3nc4c(C)cccc4s3)CC2)cc1. The van der Waals surface area contributed by atoms with Gasteiger partial charge >= 0.3 is 0 Å². The molecular weight excluding hydrogens is 422 g/mol. The van der Waals surface area contributed by atoms with E-state index in [0.29, 0.717) is 36.8 Å². The molecule has 0 bridgehead atoms. The highest BCUT2D eigenvalue weighted by atomic mass is 32.2. The highest BCUT2D eigenvalue weighted by molar-refractivity contribution is 7.89. The molecule has 3 aromatic rings. The van der Waals surface area contributed by atoms with E-state index >= 15 is 0 Å². The van der Waals surface area contributed by atoms with E-state index in [9.17, 15) is 13.2 Å². The van der Waals surface area contributed by atoms with Gasteiger partial charge in [0.1, 0.15) is 5.75 Å². The summed E-state index contributed by atoms with van der Waals surface area (Å²) in [6.45, 7) is 2.61. The first kappa shape index (κ1) is 20.8. The van der Waals surface area contributed by atoms with Crippen molar-refractivity contribution in [2.75, 3.05) is 25.5 Å². The van der Waals surface area contributed by atoms with E-state index in [1.165, 1.54) is 22.8 Å². The van der Waals surface area contributed by atoms with Crippen LogP contribution in [-0.4, -0.2) is 43.8 Å². The number of nitrogens with one attached hydrogen (secondary N) is 1. The Balaban J connectivity index is 1.39. The van der Waals surface area contributed by atoms with Crippen molar-refractivity contribution in [1.82, 2.24) is 9.29 Å². The molecule has 0 atom stereocenters. The summed E-state index contributed by atoms with van der Waals surface area (Å²) in [5.74, 6) is 0.267. The van der Waals surface area contributed by atoms with Crippen LogP contribution in [0, 0.1) is 12.8 Å². The number of amides is 1. The average molecular weight is 446 g/mol. The number of carbonyl (C=O) groups excluding carboxylic acids is 1. The third-order valence-corrected chi connectivity index (χ3v) is 8.22. The second-order valence-corrected chi connectivity index (χ2v) is 10.3. The number of aromatic nitrogens is 1. The van der Waals surface area contributed by atoms with Crippen LogP contribution >= 0.6 is 11.3 Å². The standard InChI is InChI=1S/C21H23N3O4S2/c1-14-4-3-5-18-19(14)22-21(29-18)23-20(25)15-10-12-24(13-11-15)30(26,27)17-8-6-16(28-2)7-9-17/h3-9,15H,10-13H2,1-2H3,(H,22,23,25). The third kappa shape index (κ3) is 4.05. The summed E-state index contributed by atoms with van der Waals surface area (Å²) >= 11 is 1.45. The van der Waals surface area contributed by atoms with E-state index < -0.39 is 10.0 Å². The van der Waals surface area contributed by atoms with Crippen LogP contribution in [-0.2, 0) is 14.8 Å². The molecule has 7 nitrogen and oxygen atoms in total. The summed E-state index contributed by atoms with van der Waals surface area (Å²) in [5.41, 5.74) is 1.97. The zero-order chi connectivity index (χ0) is 21.3. The second-order valence-electron chi connectivity index (χ2n) is 7.28. The Bertz CT molecular complexity index is 1160. The van der Waals surface area contributed by atoms with Gasteiger partial charge in [0.05, 0.1) is 22.2 Å². The molecule has 0 saturated carbocycles. The third-order valence-electron chi connectivity index (χ3n) is 5.37. The smallest absolute Gasteiger partial charge is 0.243 e. The number of hydrogen-bond donors (Lipinski definition) is 1. The molecule has 1 N–H and O–H groups in total. The Hall–Kier alpha value is -2.49. The summed E-state index contributed by atoms with van der Waals surface area (Å²) in [4.78, 5) is 17.5. The predicted molar refractivity (Wildman–Crippen MR) is 117 cm³/mol. The van der Waals surface area contributed by atoms with E-state index in [4.69, 9.17) is 4.74 Å². The molecule has 4 rings (SSSR count). The summed E-state index contributed by atoms with van der Waals surface area (Å²) < 4.78 is 33.3. The van der Waals surface area contributed by atoms with Crippen molar-refractivity contribution in [3.05, 3.63) is 48.0 Å². The molecule has 2 aromatic carbocycles. The first-order chi connectivity index (χ1) is 14.4. The van der Waals surface area contributed by atoms with Crippen LogP contribution in [0.3, 0.4) is 0 Å². The van der Waals surface area contributed by atoms with E-state index in [-0.39, 0.29) is 16.7 Å². The lowest BCUT2D eigenvalue weighted by Crippen LogP contribution is -2.41. The Kier molecular flexibility index (Phi) is 5.77. The zero-order valence-corrected chi connectivity index (χ0v) is 18.4. The summed E-state index contributed by atoms with van der Waals surface area (Å²) in [6.07, 6.45) is 0.955. The molecule has 1 fully saturated rings. The zero-order valence-electron chi connectivity index (χ0n) is 16.8. The van der Waals surface area contributed by atoms with Crippen molar-refractivity contribution in [1.29, 1.82) is 0 Å². The van der Waals surface area contributed by atoms with Gasteiger partial charge in [0, 0.05) is 19.0 Å². The lowest BCUT2D eigenvalue weighted by molar-refractivity contribution is -0.120. The number of ether oxygens (including phenoxy) is 1. The molecule has 30 heavy (non-hydrogen) atoms. The van der Waals surface area contributed by atoms with Crippen LogP contribution in [0.1, 0.15) is 18.4 Å². The fraction of sp³-hybridized carbons (Fsp3) is 0.333. The number of anilines is 1. The molecule has 1 aromatic heterocycles. The van der Waals surface area contributed by atoms with Crippen LogP contribution < -0.4 is 10.1 Å². The van der Waals surface area contributed by atoms with E-state index in [2.05, 4.69) is 10.3 Å². The van der Waals surface area contributed by atoms with Gasteiger partial charge in [-0.3, -0.25) is 4.79 Å². The predicted octanol–water partition coefficient (Wildman–Crippen LogP) is 3.65. The molecule has 2 heterocycles. The second kappa shape index (κ2) is 8.33. The number of rotatable bonds is 5. The largest absolute Gasteiger partial charge is 0.497 e. The number of methoxy groups -OCH3 is 1. The van der Waals surface area contributed by atoms with Crippen molar-refractivity contribution in [2.45, 2.75) is 24.7 Å². The highest BCUT2D eigenvalue weighted by Crippen LogP contribution is 2.30. The summed E-state index contributed by atoms with van der Waals surface area (Å²) in [5, 5.41) is 3.49. The molecule has 1 saturated heterocycles. The Morgan fingerprint density at radius 1 is 1.17 bits per heavy atom. The molecule has 158 valence electrons. The molecule has 0 radical (unpaired) electrons. The summed E-state index contributed by atoms with van der Waals surface area (Å²) in [7, 11) is -2.04. The molecule has 9 heteroatoms. The van der Waals surface area contributed by atoms with Crippen LogP contribution in [0.4, 0.5) is 5.13 Å². The monoisotopic (exact) mass is 445 g/mol. The van der Waals surface area contributed by atoms with E-state index in [1.54, 1.807) is 24.3 Å². The van der Waals surface area contributed by atoms with Gasteiger partial charge in [-0.1, -0.05) is 23.5 Å². The van der Waals surface area contributed by atoms with Crippen molar-refractivity contribution < 1.29 is 17.9 Å². The Morgan fingerprint density at radius 3 is 2.50 bits per heavy atom. The van der Waals surface area contributed by atoms with Crippen LogP contribution in [0.25, 0.3) is 10.2 Å². The van der Waals surface area contributed by atoms with Gasteiger partial charge in [0.15, 0.2) is 5.13 Å². The molecule has 0 aliphatic carbocycles. The van der Waals surface area contributed by atoms with Crippen molar-refractivity contribution in [2.24, 2.45) is 5.92 Å². The van der Waals surface area contributed by atoms with Gasteiger partial charge in [-0.05, 0) is 55.7 Å². The molecule has 0 spiro atoms. The lowest BCUT2D eigenvalue weighted by Gasteiger charge is -2.30. The van der Waals surface area contributed by atoms with Crippen molar-refractivity contribution in [3.8, 4) is 5.75 Å². The number of thiazole rings is 1. The molecule has 1 aliphatic rings. The maximum Gasteiger partial charge on any atom is 0.243 e. The number of carbonyl (C=O) groups is 1. The summed E-state index contributed by atoms with van der Waals surface area (Å²) in [6, 6.07) is 12.3. The van der Waals surface area contributed by atoms with Crippen molar-refractivity contribution in [3.63, 3.8) is 0 Å². The van der Waals surface area contributed by atoms with Gasteiger partial charge < -0.3 is 10.1 Å². The average Bonchev–Trinajstić information content (AvgIpc) is 3.17. The van der Waals surface area contributed by atoms with Crippen LogP contribution in [0.2, 0.25) is 0 Å². The normalized spacial score (nSPS) is 15.9. The van der Waals surface area contributed by atoms with Gasteiger partial charge in [0.2, 0.25) is 15.9 Å². The Morgan fingerprint density at radius 2 is 1.87 bits per heavy atom.